The van der Waals surface area contributed by atoms with Crippen molar-refractivity contribution < 1.29 is 9.90 Å². The molecule has 0 aliphatic carbocycles. The van der Waals surface area contributed by atoms with Crippen LogP contribution in [0.15, 0.2) is 24.3 Å². The summed E-state index contributed by atoms with van der Waals surface area (Å²) in [5.41, 5.74) is 1.69. The molecule has 0 fully saturated rings. The SMILES string of the molecule is CCCCCCCC.Cc1ccccc1N(C)C(=O)O. The molecular formula is C17H29NO2. The summed E-state index contributed by atoms with van der Waals surface area (Å²) in [4.78, 5) is 11.8. The van der Waals surface area contributed by atoms with Gasteiger partial charge in [-0.25, -0.2) is 4.79 Å². The van der Waals surface area contributed by atoms with E-state index in [2.05, 4.69) is 13.8 Å². The maximum atomic E-state index is 10.6. The van der Waals surface area contributed by atoms with E-state index in [1.54, 1.807) is 6.07 Å². The van der Waals surface area contributed by atoms with Crippen LogP contribution in [0.3, 0.4) is 0 Å². The average Bonchev–Trinajstić information content (AvgIpc) is 2.44. The van der Waals surface area contributed by atoms with E-state index in [-0.39, 0.29) is 0 Å². The van der Waals surface area contributed by atoms with Gasteiger partial charge in [0, 0.05) is 12.7 Å². The van der Waals surface area contributed by atoms with Gasteiger partial charge in [0.15, 0.2) is 0 Å². The van der Waals surface area contributed by atoms with Gasteiger partial charge in [0.05, 0.1) is 0 Å². The van der Waals surface area contributed by atoms with Crippen LogP contribution in [0.5, 0.6) is 0 Å². The summed E-state index contributed by atoms with van der Waals surface area (Å²) in [5, 5.41) is 8.69. The Hall–Kier alpha value is -1.51. The Kier molecular flexibility index (Phi) is 10.5. The smallest absolute Gasteiger partial charge is 0.411 e. The van der Waals surface area contributed by atoms with Gasteiger partial charge in [-0.05, 0) is 18.6 Å². The van der Waals surface area contributed by atoms with Crippen molar-refractivity contribution in [2.45, 2.75) is 59.3 Å². The van der Waals surface area contributed by atoms with Gasteiger partial charge in [-0.3, -0.25) is 4.90 Å². The van der Waals surface area contributed by atoms with E-state index in [4.69, 9.17) is 5.11 Å². The topological polar surface area (TPSA) is 40.5 Å². The maximum Gasteiger partial charge on any atom is 0.411 e. The molecule has 0 saturated heterocycles. The molecule has 0 atom stereocenters. The lowest BCUT2D eigenvalue weighted by Gasteiger charge is -2.14. The summed E-state index contributed by atoms with van der Waals surface area (Å²) >= 11 is 0. The third-order valence-electron chi connectivity index (χ3n) is 3.22. The van der Waals surface area contributed by atoms with Crippen LogP contribution in [0.25, 0.3) is 0 Å². The van der Waals surface area contributed by atoms with E-state index >= 15 is 0 Å². The first-order valence-corrected chi connectivity index (χ1v) is 7.56. The van der Waals surface area contributed by atoms with Gasteiger partial charge in [0.2, 0.25) is 0 Å². The Morgan fingerprint density at radius 3 is 1.95 bits per heavy atom. The van der Waals surface area contributed by atoms with Crippen LogP contribution in [-0.4, -0.2) is 18.2 Å². The minimum atomic E-state index is -0.940. The van der Waals surface area contributed by atoms with Gasteiger partial charge in [0.1, 0.15) is 0 Å². The third-order valence-corrected chi connectivity index (χ3v) is 3.22. The van der Waals surface area contributed by atoms with Crippen molar-refractivity contribution in [1.82, 2.24) is 0 Å². The molecule has 1 N–H and O–H groups in total. The number of carboxylic acid groups (broad SMARTS) is 1. The third kappa shape index (κ3) is 7.82. The Bertz CT molecular complexity index is 371. The second-order valence-electron chi connectivity index (χ2n) is 5.04. The number of aryl methyl sites for hydroxylation is 1. The molecule has 3 heteroatoms. The van der Waals surface area contributed by atoms with Crippen LogP contribution in [0.4, 0.5) is 10.5 Å². The molecule has 0 aliphatic heterocycles. The van der Waals surface area contributed by atoms with Gasteiger partial charge < -0.3 is 5.11 Å². The summed E-state index contributed by atoms with van der Waals surface area (Å²) in [6.45, 7) is 6.40. The summed E-state index contributed by atoms with van der Waals surface area (Å²) in [6.07, 6.45) is 7.55. The molecule has 0 unspecified atom stereocenters. The lowest BCUT2D eigenvalue weighted by molar-refractivity contribution is 0.203. The highest BCUT2D eigenvalue weighted by atomic mass is 16.4. The molecule has 1 aromatic carbocycles. The van der Waals surface area contributed by atoms with Crippen molar-refractivity contribution in [3.8, 4) is 0 Å². The summed E-state index contributed by atoms with van der Waals surface area (Å²) in [6, 6.07) is 7.37. The Morgan fingerprint density at radius 1 is 1.05 bits per heavy atom. The Labute approximate surface area is 123 Å². The highest BCUT2D eigenvalue weighted by Crippen LogP contribution is 2.17. The molecule has 114 valence electrons. The van der Waals surface area contributed by atoms with Crippen LogP contribution >= 0.6 is 0 Å². The number of para-hydroxylation sites is 1. The van der Waals surface area contributed by atoms with Crippen LogP contribution in [-0.2, 0) is 0 Å². The number of carbonyl (C=O) groups is 1. The van der Waals surface area contributed by atoms with Crippen molar-refractivity contribution in [3.05, 3.63) is 29.8 Å². The molecule has 0 aliphatic rings. The van der Waals surface area contributed by atoms with Crippen LogP contribution in [0, 0.1) is 6.92 Å². The largest absolute Gasteiger partial charge is 0.465 e. The van der Waals surface area contributed by atoms with Crippen LogP contribution < -0.4 is 4.90 Å². The minimum absolute atomic E-state index is 0.727. The molecule has 1 amide bonds. The van der Waals surface area contributed by atoms with E-state index in [9.17, 15) is 4.79 Å². The van der Waals surface area contributed by atoms with Crippen LogP contribution in [0.2, 0.25) is 0 Å². The highest BCUT2D eigenvalue weighted by molar-refractivity contribution is 5.86. The number of benzene rings is 1. The number of unbranched alkanes of at least 4 members (excludes halogenated alkanes) is 5. The normalized spacial score (nSPS) is 9.60. The zero-order chi connectivity index (χ0) is 15.4. The molecule has 0 aromatic heterocycles. The number of nitrogens with zero attached hydrogens (tertiary/aromatic N) is 1. The molecule has 3 nitrogen and oxygen atoms in total. The number of hydrogen-bond acceptors (Lipinski definition) is 1. The van der Waals surface area contributed by atoms with E-state index in [0.29, 0.717) is 0 Å². The molecule has 0 radical (unpaired) electrons. The van der Waals surface area contributed by atoms with E-state index < -0.39 is 6.09 Å². The molecule has 0 heterocycles. The van der Waals surface area contributed by atoms with Crippen molar-refractivity contribution in [2.24, 2.45) is 0 Å². The zero-order valence-electron chi connectivity index (χ0n) is 13.4. The number of rotatable bonds is 6. The lowest BCUT2D eigenvalue weighted by Crippen LogP contribution is -2.24. The fourth-order valence-corrected chi connectivity index (χ4v) is 1.90. The molecule has 0 saturated carbocycles. The molecular weight excluding hydrogens is 250 g/mol. The summed E-state index contributed by atoms with van der Waals surface area (Å²) in [7, 11) is 1.53. The Morgan fingerprint density at radius 2 is 1.55 bits per heavy atom. The quantitative estimate of drug-likeness (QED) is 0.701. The van der Waals surface area contributed by atoms with Crippen molar-refractivity contribution in [2.75, 3.05) is 11.9 Å². The molecule has 0 bridgehead atoms. The van der Waals surface area contributed by atoms with Gasteiger partial charge in [-0.2, -0.15) is 0 Å². The van der Waals surface area contributed by atoms with Gasteiger partial charge in [-0.15, -0.1) is 0 Å². The maximum absolute atomic E-state index is 10.6. The lowest BCUT2D eigenvalue weighted by atomic mass is 10.1. The fourth-order valence-electron chi connectivity index (χ4n) is 1.90. The molecule has 1 aromatic rings. The number of amides is 1. The monoisotopic (exact) mass is 279 g/mol. The van der Waals surface area contributed by atoms with Gasteiger partial charge in [-0.1, -0.05) is 70.6 Å². The van der Waals surface area contributed by atoms with Crippen molar-refractivity contribution in [1.29, 1.82) is 0 Å². The van der Waals surface area contributed by atoms with E-state index in [0.717, 1.165) is 11.3 Å². The molecule has 20 heavy (non-hydrogen) atoms. The highest BCUT2D eigenvalue weighted by Gasteiger charge is 2.09. The van der Waals surface area contributed by atoms with Crippen LogP contribution in [0.1, 0.15) is 57.9 Å². The number of anilines is 1. The fraction of sp³-hybridized carbons (Fsp3) is 0.588. The average molecular weight is 279 g/mol. The second kappa shape index (κ2) is 11.3. The van der Waals surface area contributed by atoms with E-state index in [1.165, 1.54) is 50.5 Å². The van der Waals surface area contributed by atoms with Crippen molar-refractivity contribution in [3.63, 3.8) is 0 Å². The standard InChI is InChI=1S/C9H11NO2.C8H18/c1-7-5-3-4-6-8(7)10(2)9(11)12;1-3-5-7-8-6-4-2/h3-6H,1-2H3,(H,11,12);3-8H2,1-2H3. The summed E-state index contributed by atoms with van der Waals surface area (Å²) < 4.78 is 0. The van der Waals surface area contributed by atoms with Crippen molar-refractivity contribution >= 4 is 11.8 Å². The number of hydrogen-bond donors (Lipinski definition) is 1. The first-order valence-electron chi connectivity index (χ1n) is 7.56. The van der Waals surface area contributed by atoms with E-state index in [1.807, 2.05) is 25.1 Å². The first kappa shape index (κ1) is 18.5. The zero-order valence-corrected chi connectivity index (χ0v) is 13.4. The predicted molar refractivity (Wildman–Crippen MR) is 86.7 cm³/mol. The molecule has 0 spiro atoms. The van der Waals surface area contributed by atoms with Gasteiger partial charge >= 0.3 is 6.09 Å². The van der Waals surface area contributed by atoms with Gasteiger partial charge in [0.25, 0.3) is 0 Å². The summed E-state index contributed by atoms with van der Waals surface area (Å²) in [5.74, 6) is 0. The Balaban J connectivity index is 0.000000396. The molecule has 1 rings (SSSR count). The minimum Gasteiger partial charge on any atom is -0.465 e. The first-order chi connectivity index (χ1) is 9.54. The predicted octanol–water partition coefficient (Wildman–Crippen LogP) is 5.48. The second-order valence-corrected chi connectivity index (χ2v) is 5.04.